The topological polar surface area (TPSA) is 142 Å². The number of phenolic OH excluding ortho intramolecular Hbond substituents is 1. The molecule has 0 radical (unpaired) electrons. The molecule has 1 aliphatic rings. The predicted octanol–water partition coefficient (Wildman–Crippen LogP) is 5.88. The first kappa shape index (κ1) is 28.0. The lowest BCUT2D eigenvalue weighted by molar-refractivity contribution is -0.386. The minimum atomic E-state index is -0.982. The van der Waals surface area contributed by atoms with Crippen LogP contribution in [0.4, 0.5) is 11.6 Å². The molecule has 5 rings (SSSR count). The summed E-state index contributed by atoms with van der Waals surface area (Å²) in [6, 6.07) is 18.3. The Balaban J connectivity index is 1.55. The minimum absolute atomic E-state index is 0.0192. The fourth-order valence-corrected chi connectivity index (χ4v) is 5.51. The number of hydrogen-bond acceptors (Lipinski definition) is 10. The maximum atomic E-state index is 13.6. The molecule has 4 aromatic rings. The Kier molecular flexibility index (Phi) is 8.13. The number of halogens is 1. The lowest BCUT2D eigenvalue weighted by Crippen LogP contribution is -2.29. The predicted molar refractivity (Wildman–Crippen MR) is 153 cm³/mol. The quantitative estimate of drug-likeness (QED) is 0.105. The normalized spacial score (nSPS) is 14.3. The number of nitro groups is 1. The number of esters is 1. The van der Waals surface area contributed by atoms with Gasteiger partial charge in [-0.15, -0.1) is 5.10 Å². The number of thioether (sulfide) groups is 1. The van der Waals surface area contributed by atoms with Crippen molar-refractivity contribution in [3.8, 4) is 11.5 Å². The standard InChI is InChI=1S/C28H24ClN5O6S/c1-16-23(26(36)40-14-17-8-4-3-5-9-17)24(19-12-21(34(37)38)25(35)22(13-19)39-2)33-27(30-16)31-28(32-33)41-15-18-10-6-7-11-20(18)29/h3-13,24,35H,14-15H2,1-2H3,(H,30,31,32). The average molecular weight is 594 g/mol. The van der Waals surface area contributed by atoms with Crippen molar-refractivity contribution in [3.63, 3.8) is 0 Å². The van der Waals surface area contributed by atoms with E-state index in [1.165, 1.54) is 35.7 Å². The highest BCUT2D eigenvalue weighted by Gasteiger charge is 2.37. The van der Waals surface area contributed by atoms with Crippen LogP contribution in [0.25, 0.3) is 0 Å². The van der Waals surface area contributed by atoms with Crippen molar-refractivity contribution in [2.75, 3.05) is 12.4 Å². The highest BCUT2D eigenvalue weighted by atomic mass is 35.5. The van der Waals surface area contributed by atoms with Crippen LogP contribution in [0.15, 0.2) is 83.2 Å². The van der Waals surface area contributed by atoms with Crippen LogP contribution in [-0.2, 0) is 21.9 Å². The van der Waals surface area contributed by atoms with Gasteiger partial charge in [0.05, 0.1) is 17.6 Å². The Morgan fingerprint density at radius 2 is 1.93 bits per heavy atom. The summed E-state index contributed by atoms with van der Waals surface area (Å²) in [5.74, 6) is -0.588. The van der Waals surface area contributed by atoms with E-state index in [1.54, 1.807) is 13.0 Å². The van der Waals surface area contributed by atoms with Gasteiger partial charge >= 0.3 is 11.7 Å². The smallest absolute Gasteiger partial charge is 0.338 e. The number of hydrogen-bond donors (Lipinski definition) is 2. The van der Waals surface area contributed by atoms with Gasteiger partial charge in [0, 0.05) is 22.5 Å². The molecule has 1 aromatic heterocycles. The van der Waals surface area contributed by atoms with Crippen LogP contribution in [0, 0.1) is 10.1 Å². The number of anilines is 1. The summed E-state index contributed by atoms with van der Waals surface area (Å²) < 4.78 is 12.3. The third kappa shape index (κ3) is 5.83. The van der Waals surface area contributed by atoms with E-state index in [0.29, 0.717) is 27.6 Å². The maximum absolute atomic E-state index is 13.6. The summed E-state index contributed by atoms with van der Waals surface area (Å²) in [4.78, 5) is 29.2. The van der Waals surface area contributed by atoms with Crippen LogP contribution in [-0.4, -0.2) is 37.9 Å². The molecule has 0 aliphatic carbocycles. The van der Waals surface area contributed by atoms with Gasteiger partial charge in [-0.3, -0.25) is 10.1 Å². The highest BCUT2D eigenvalue weighted by molar-refractivity contribution is 7.98. The Bertz CT molecular complexity index is 1660. The zero-order valence-electron chi connectivity index (χ0n) is 21.9. The SMILES string of the molecule is COc1cc(C2C(C(=O)OCc3ccccc3)=C(C)Nc3nc(SCc4ccccc4Cl)nn32)cc([N+](=O)[O-])c1O. The van der Waals surface area contributed by atoms with Crippen LogP contribution in [0.5, 0.6) is 11.5 Å². The van der Waals surface area contributed by atoms with Gasteiger partial charge in [-0.25, -0.2) is 9.48 Å². The van der Waals surface area contributed by atoms with Gasteiger partial charge in [0.15, 0.2) is 5.75 Å². The van der Waals surface area contributed by atoms with Gasteiger partial charge in [-0.2, -0.15) is 4.98 Å². The largest absolute Gasteiger partial charge is 0.500 e. The molecule has 0 bridgehead atoms. The third-order valence-electron chi connectivity index (χ3n) is 6.39. The van der Waals surface area contributed by atoms with Crippen LogP contribution in [0.3, 0.4) is 0 Å². The molecule has 0 saturated heterocycles. The Morgan fingerprint density at radius 1 is 1.20 bits per heavy atom. The van der Waals surface area contributed by atoms with Gasteiger partial charge in [-0.05, 0) is 35.7 Å². The molecule has 0 amide bonds. The van der Waals surface area contributed by atoms with Crippen molar-refractivity contribution in [1.82, 2.24) is 14.8 Å². The van der Waals surface area contributed by atoms with Crippen molar-refractivity contribution in [2.45, 2.75) is 30.5 Å². The molecule has 2 heterocycles. The molecule has 2 N–H and O–H groups in total. The number of fused-ring (bicyclic) bond motifs is 1. The van der Waals surface area contributed by atoms with Crippen molar-refractivity contribution in [3.05, 3.63) is 110 Å². The van der Waals surface area contributed by atoms with E-state index in [-0.39, 0.29) is 23.5 Å². The zero-order valence-corrected chi connectivity index (χ0v) is 23.5. The molecular weight excluding hydrogens is 570 g/mol. The third-order valence-corrected chi connectivity index (χ3v) is 7.65. The molecule has 210 valence electrons. The number of aromatic nitrogens is 3. The Morgan fingerprint density at radius 3 is 2.63 bits per heavy atom. The highest BCUT2D eigenvalue weighted by Crippen LogP contribution is 2.43. The van der Waals surface area contributed by atoms with Crippen LogP contribution < -0.4 is 10.1 Å². The van der Waals surface area contributed by atoms with Gasteiger partial charge in [0.1, 0.15) is 12.6 Å². The number of nitrogens with zero attached hydrogens (tertiary/aromatic N) is 4. The van der Waals surface area contributed by atoms with E-state index in [9.17, 15) is 20.0 Å². The first-order valence-corrected chi connectivity index (χ1v) is 13.7. The van der Waals surface area contributed by atoms with Crippen LogP contribution in [0.1, 0.15) is 29.7 Å². The van der Waals surface area contributed by atoms with Gasteiger partial charge in [0.25, 0.3) is 0 Å². The first-order valence-electron chi connectivity index (χ1n) is 12.3. The molecule has 0 spiro atoms. The number of ether oxygens (including phenoxy) is 2. The second kappa shape index (κ2) is 11.9. The molecule has 0 saturated carbocycles. The summed E-state index contributed by atoms with van der Waals surface area (Å²) in [6.45, 7) is 1.71. The van der Waals surface area contributed by atoms with Crippen LogP contribution in [0.2, 0.25) is 5.02 Å². The molecule has 41 heavy (non-hydrogen) atoms. The van der Waals surface area contributed by atoms with Crippen LogP contribution >= 0.6 is 23.4 Å². The summed E-state index contributed by atoms with van der Waals surface area (Å²) >= 11 is 7.65. The molecule has 1 aliphatic heterocycles. The fraction of sp³-hybridized carbons (Fsp3) is 0.179. The van der Waals surface area contributed by atoms with Crippen molar-refractivity contribution in [2.24, 2.45) is 0 Å². The Hall–Kier alpha value is -4.55. The van der Waals surface area contributed by atoms with E-state index in [2.05, 4.69) is 15.4 Å². The number of carbonyl (C=O) groups is 1. The van der Waals surface area contributed by atoms with Crippen molar-refractivity contribution < 1.29 is 24.3 Å². The zero-order chi connectivity index (χ0) is 29.1. The van der Waals surface area contributed by atoms with E-state index < -0.39 is 28.4 Å². The maximum Gasteiger partial charge on any atom is 0.338 e. The van der Waals surface area contributed by atoms with Gasteiger partial charge in [-0.1, -0.05) is 71.9 Å². The minimum Gasteiger partial charge on any atom is -0.500 e. The number of carbonyl (C=O) groups excluding carboxylic acids is 1. The van der Waals surface area contributed by atoms with E-state index in [1.807, 2.05) is 48.5 Å². The van der Waals surface area contributed by atoms with E-state index >= 15 is 0 Å². The second-order valence-corrected chi connectivity index (χ2v) is 10.4. The molecule has 0 fully saturated rings. The number of nitrogens with one attached hydrogen (secondary N) is 1. The number of allylic oxidation sites excluding steroid dienone is 1. The van der Waals surface area contributed by atoms with Gasteiger partial charge < -0.3 is 19.9 Å². The number of methoxy groups -OCH3 is 1. The van der Waals surface area contributed by atoms with E-state index in [0.717, 1.165) is 11.1 Å². The average Bonchev–Trinajstić information content (AvgIpc) is 3.37. The molecule has 3 aromatic carbocycles. The molecule has 1 unspecified atom stereocenters. The Labute approximate surface area is 243 Å². The molecule has 13 heteroatoms. The van der Waals surface area contributed by atoms with Gasteiger partial charge in [0.2, 0.25) is 16.9 Å². The number of phenols is 1. The molecule has 11 nitrogen and oxygen atoms in total. The molecular formula is C28H24ClN5O6S. The summed E-state index contributed by atoms with van der Waals surface area (Å²) in [7, 11) is 1.28. The lowest BCUT2D eigenvalue weighted by atomic mass is 9.95. The first-order chi connectivity index (χ1) is 19.8. The number of benzene rings is 3. The van der Waals surface area contributed by atoms with E-state index in [4.69, 9.17) is 21.1 Å². The molecule has 1 atom stereocenters. The summed E-state index contributed by atoms with van der Waals surface area (Å²) in [5, 5.41) is 30.9. The summed E-state index contributed by atoms with van der Waals surface area (Å²) in [6.07, 6.45) is 0. The van der Waals surface area contributed by atoms with Crippen molar-refractivity contribution in [1.29, 1.82) is 0 Å². The summed E-state index contributed by atoms with van der Waals surface area (Å²) in [5.41, 5.74) is 1.99. The van der Waals surface area contributed by atoms with Crippen molar-refractivity contribution >= 4 is 41.0 Å². The fourth-order valence-electron chi connectivity index (χ4n) is 4.39. The number of aromatic hydroxyl groups is 1. The number of nitro benzene ring substituents is 1. The lowest BCUT2D eigenvalue weighted by Gasteiger charge is -2.28. The monoisotopic (exact) mass is 593 g/mol. The number of rotatable bonds is 9. The second-order valence-electron chi connectivity index (χ2n) is 9.02.